The van der Waals surface area contributed by atoms with E-state index < -0.39 is 0 Å². The first-order chi connectivity index (χ1) is 9.83. The summed E-state index contributed by atoms with van der Waals surface area (Å²) < 4.78 is 5.77. The van der Waals surface area contributed by atoms with Crippen molar-refractivity contribution < 1.29 is 4.74 Å². The van der Waals surface area contributed by atoms with Crippen LogP contribution in [0.1, 0.15) is 45.7 Å². The van der Waals surface area contributed by atoms with Gasteiger partial charge in [-0.2, -0.15) is 0 Å². The summed E-state index contributed by atoms with van der Waals surface area (Å²) in [5.41, 5.74) is 14.3. The third-order valence-corrected chi connectivity index (χ3v) is 4.12. The van der Waals surface area contributed by atoms with E-state index in [0.717, 1.165) is 12.2 Å². The van der Waals surface area contributed by atoms with Gasteiger partial charge in [-0.05, 0) is 60.9 Å². The molecule has 1 unspecified atom stereocenters. The second-order valence-electron chi connectivity index (χ2n) is 6.93. The first-order valence-electron chi connectivity index (χ1n) is 7.99. The number of rotatable bonds is 7. The Bertz CT molecular complexity index is 433. The fourth-order valence-corrected chi connectivity index (χ4v) is 2.67. The maximum absolute atomic E-state index is 5.80. The summed E-state index contributed by atoms with van der Waals surface area (Å²) in [4.78, 5) is 0. The van der Waals surface area contributed by atoms with Crippen LogP contribution in [-0.4, -0.2) is 19.7 Å². The molecule has 1 aromatic rings. The number of benzene rings is 1. The molecule has 3 nitrogen and oxygen atoms in total. The van der Waals surface area contributed by atoms with Crippen molar-refractivity contribution in [2.45, 2.75) is 46.5 Å². The highest BCUT2D eigenvalue weighted by Gasteiger charge is 2.21. The zero-order valence-electron chi connectivity index (χ0n) is 14.3. The maximum atomic E-state index is 5.80. The van der Waals surface area contributed by atoms with Crippen molar-refractivity contribution >= 4 is 0 Å². The van der Waals surface area contributed by atoms with E-state index in [9.17, 15) is 0 Å². The third-order valence-electron chi connectivity index (χ3n) is 4.12. The summed E-state index contributed by atoms with van der Waals surface area (Å²) in [5.74, 6) is 1.87. The van der Waals surface area contributed by atoms with E-state index in [-0.39, 0.29) is 5.41 Å². The third kappa shape index (κ3) is 5.01. The van der Waals surface area contributed by atoms with Gasteiger partial charge < -0.3 is 16.2 Å². The summed E-state index contributed by atoms with van der Waals surface area (Å²) in [5, 5.41) is 0. The van der Waals surface area contributed by atoms with Crippen LogP contribution in [0.3, 0.4) is 0 Å². The average molecular weight is 292 g/mol. The van der Waals surface area contributed by atoms with E-state index >= 15 is 0 Å². The average Bonchev–Trinajstić information content (AvgIpc) is 2.41. The van der Waals surface area contributed by atoms with E-state index in [4.69, 9.17) is 16.2 Å². The Balaban J connectivity index is 3.00. The Kier molecular flexibility index (Phi) is 6.69. The van der Waals surface area contributed by atoms with Crippen LogP contribution in [0.15, 0.2) is 18.2 Å². The minimum atomic E-state index is 0.0743. The van der Waals surface area contributed by atoms with Gasteiger partial charge in [0, 0.05) is 0 Å². The van der Waals surface area contributed by atoms with Crippen LogP contribution >= 0.6 is 0 Å². The first kappa shape index (κ1) is 18.0. The lowest BCUT2D eigenvalue weighted by Gasteiger charge is -2.25. The second kappa shape index (κ2) is 7.81. The van der Waals surface area contributed by atoms with E-state index in [1.807, 2.05) is 6.92 Å². The predicted molar refractivity (Wildman–Crippen MR) is 90.8 cm³/mol. The van der Waals surface area contributed by atoms with Crippen LogP contribution < -0.4 is 16.2 Å². The van der Waals surface area contributed by atoms with Gasteiger partial charge in [-0.25, -0.2) is 0 Å². The van der Waals surface area contributed by atoms with Gasteiger partial charge in [-0.15, -0.1) is 0 Å². The van der Waals surface area contributed by atoms with Gasteiger partial charge in [0.25, 0.3) is 0 Å². The molecule has 0 aliphatic heterocycles. The molecule has 1 aromatic carbocycles. The highest BCUT2D eigenvalue weighted by atomic mass is 16.5. The monoisotopic (exact) mass is 292 g/mol. The van der Waals surface area contributed by atoms with Gasteiger partial charge in [-0.1, -0.05) is 39.8 Å². The molecule has 1 atom stereocenters. The molecule has 0 bridgehead atoms. The van der Waals surface area contributed by atoms with Gasteiger partial charge >= 0.3 is 0 Å². The zero-order chi connectivity index (χ0) is 16.0. The molecule has 21 heavy (non-hydrogen) atoms. The second-order valence-corrected chi connectivity index (χ2v) is 6.93. The number of hydrogen-bond acceptors (Lipinski definition) is 3. The molecule has 120 valence electrons. The van der Waals surface area contributed by atoms with Crippen molar-refractivity contribution in [1.29, 1.82) is 0 Å². The topological polar surface area (TPSA) is 61.3 Å². The molecular formula is C18H32N2O. The largest absolute Gasteiger partial charge is 0.494 e. The Labute approximate surface area is 130 Å². The van der Waals surface area contributed by atoms with Crippen molar-refractivity contribution in [2.24, 2.45) is 23.3 Å². The lowest BCUT2D eigenvalue weighted by Crippen LogP contribution is -2.30. The fourth-order valence-electron chi connectivity index (χ4n) is 2.67. The van der Waals surface area contributed by atoms with Crippen LogP contribution in [0.25, 0.3) is 0 Å². The lowest BCUT2D eigenvalue weighted by molar-refractivity contribution is 0.329. The smallest absolute Gasteiger partial charge is 0.123 e. The highest BCUT2D eigenvalue weighted by Crippen LogP contribution is 2.33. The van der Waals surface area contributed by atoms with Gasteiger partial charge in [0.2, 0.25) is 0 Å². The summed E-state index contributed by atoms with van der Waals surface area (Å²) in [6.45, 7) is 12.9. The molecule has 0 aliphatic rings. The summed E-state index contributed by atoms with van der Waals surface area (Å²) in [6.07, 6.45) is 1.01. The molecule has 1 rings (SSSR count). The molecule has 0 aromatic heterocycles. The summed E-state index contributed by atoms with van der Waals surface area (Å²) in [7, 11) is 0. The van der Waals surface area contributed by atoms with Gasteiger partial charge in [0.1, 0.15) is 5.75 Å². The van der Waals surface area contributed by atoms with Gasteiger partial charge in [0.15, 0.2) is 0 Å². The van der Waals surface area contributed by atoms with Crippen LogP contribution in [0.5, 0.6) is 5.75 Å². The van der Waals surface area contributed by atoms with Gasteiger partial charge in [-0.3, -0.25) is 0 Å². The SMILES string of the molecule is CCOc1ccc(CC(C)C(CN)CN)cc1C(C)(C)C. The number of ether oxygens (including phenoxy) is 1. The number of nitrogens with two attached hydrogens (primary N) is 2. The molecule has 4 N–H and O–H groups in total. The predicted octanol–water partition coefficient (Wildman–Crippen LogP) is 3.10. The lowest BCUT2D eigenvalue weighted by atomic mass is 9.83. The molecular weight excluding hydrogens is 260 g/mol. The normalized spacial score (nSPS) is 13.5. The molecule has 0 amide bonds. The molecule has 3 heteroatoms. The van der Waals surface area contributed by atoms with Crippen LogP contribution in [0.4, 0.5) is 0 Å². The van der Waals surface area contributed by atoms with Crippen molar-refractivity contribution in [3.05, 3.63) is 29.3 Å². The summed E-state index contributed by atoms with van der Waals surface area (Å²) in [6, 6.07) is 6.55. The fraction of sp³-hybridized carbons (Fsp3) is 0.667. The maximum Gasteiger partial charge on any atom is 0.123 e. The molecule has 0 aliphatic carbocycles. The Morgan fingerprint density at radius 1 is 1.14 bits per heavy atom. The molecule has 0 heterocycles. The van der Waals surface area contributed by atoms with Gasteiger partial charge in [0.05, 0.1) is 6.61 Å². The van der Waals surface area contributed by atoms with Crippen molar-refractivity contribution in [3.8, 4) is 5.75 Å². The minimum Gasteiger partial charge on any atom is -0.494 e. The molecule has 0 fully saturated rings. The van der Waals surface area contributed by atoms with E-state index in [0.29, 0.717) is 31.5 Å². The number of hydrogen-bond donors (Lipinski definition) is 2. The van der Waals surface area contributed by atoms with E-state index in [1.165, 1.54) is 11.1 Å². The highest BCUT2D eigenvalue weighted by molar-refractivity contribution is 5.41. The Morgan fingerprint density at radius 3 is 2.24 bits per heavy atom. The Hall–Kier alpha value is -1.06. The van der Waals surface area contributed by atoms with E-state index in [2.05, 4.69) is 45.9 Å². The van der Waals surface area contributed by atoms with Crippen LogP contribution in [0.2, 0.25) is 0 Å². The van der Waals surface area contributed by atoms with Crippen molar-refractivity contribution in [3.63, 3.8) is 0 Å². The quantitative estimate of drug-likeness (QED) is 0.812. The first-order valence-corrected chi connectivity index (χ1v) is 7.99. The van der Waals surface area contributed by atoms with Crippen LogP contribution in [-0.2, 0) is 11.8 Å². The minimum absolute atomic E-state index is 0.0743. The van der Waals surface area contributed by atoms with Crippen LogP contribution in [0, 0.1) is 11.8 Å². The zero-order valence-corrected chi connectivity index (χ0v) is 14.3. The van der Waals surface area contributed by atoms with Crippen molar-refractivity contribution in [2.75, 3.05) is 19.7 Å². The summed E-state index contributed by atoms with van der Waals surface area (Å²) >= 11 is 0. The molecule has 0 radical (unpaired) electrons. The standard InChI is InChI=1S/C18H32N2O/c1-6-21-17-8-7-14(10-16(17)18(3,4)5)9-13(2)15(11-19)12-20/h7-8,10,13,15H,6,9,11-12,19-20H2,1-5H3. The molecule has 0 saturated carbocycles. The molecule has 0 spiro atoms. The molecule has 0 saturated heterocycles. The van der Waals surface area contributed by atoms with E-state index in [1.54, 1.807) is 0 Å². The Morgan fingerprint density at radius 2 is 1.76 bits per heavy atom. The van der Waals surface area contributed by atoms with Crippen molar-refractivity contribution in [1.82, 2.24) is 0 Å².